The van der Waals surface area contributed by atoms with Crippen LogP contribution in [0.3, 0.4) is 0 Å². The fourth-order valence-electron chi connectivity index (χ4n) is 3.10. The van der Waals surface area contributed by atoms with E-state index in [1.54, 1.807) is 59.7 Å². The van der Waals surface area contributed by atoms with Crippen LogP contribution in [0.25, 0.3) is 10.1 Å². The summed E-state index contributed by atoms with van der Waals surface area (Å²) < 4.78 is 94.8. The highest BCUT2D eigenvalue weighted by Gasteiger charge is 2.30. The third-order valence-corrected chi connectivity index (χ3v) is 7.96. The van der Waals surface area contributed by atoms with Crippen molar-refractivity contribution >= 4 is 47.7 Å². The van der Waals surface area contributed by atoms with E-state index in [9.17, 15) is 36.3 Å². The van der Waals surface area contributed by atoms with Crippen LogP contribution in [0.2, 0.25) is 0 Å². The Morgan fingerprint density at radius 3 is 1.72 bits per heavy atom. The summed E-state index contributed by atoms with van der Waals surface area (Å²) in [5, 5.41) is 0.486. The molecule has 0 aliphatic carbocycles. The van der Waals surface area contributed by atoms with Gasteiger partial charge in [0.2, 0.25) is 34.8 Å². The van der Waals surface area contributed by atoms with Gasteiger partial charge in [0.1, 0.15) is 4.88 Å². The minimum atomic E-state index is -2.38. The van der Waals surface area contributed by atoms with E-state index in [-0.39, 0.29) is 11.0 Å². The quantitative estimate of drug-likeness (QED) is 0.0418. The Kier molecular flexibility index (Phi) is 10.9. The fraction of sp³-hybridized carbons (Fsp3) is 0.393. The second-order valence-electron chi connectivity index (χ2n) is 11.1. The predicted octanol–water partition coefficient (Wildman–Crippen LogP) is 7.75. The molecule has 0 aliphatic rings. The summed E-state index contributed by atoms with van der Waals surface area (Å²) in [6.45, 7) is 9.17. The molecule has 1 heterocycles. The van der Waals surface area contributed by atoms with Crippen molar-refractivity contribution < 1.29 is 59.6 Å². The van der Waals surface area contributed by atoms with Gasteiger partial charge in [0.25, 0.3) is 0 Å². The van der Waals surface area contributed by atoms with Crippen LogP contribution in [-0.2, 0) is 34.3 Å². The molecule has 234 valence electrons. The Hall–Kier alpha value is -3.19. The monoisotopic (exact) mass is 650 g/mol. The van der Waals surface area contributed by atoms with Gasteiger partial charge in [0.05, 0.1) is 10.8 Å². The number of halogens is 5. The molecule has 43 heavy (non-hydrogen) atoms. The minimum Gasteiger partial charge on any atom is -0.438 e. The van der Waals surface area contributed by atoms with Crippen LogP contribution in [0.1, 0.15) is 56.8 Å². The van der Waals surface area contributed by atoms with Gasteiger partial charge in [-0.05, 0) is 70.7 Å². The largest absolute Gasteiger partial charge is 0.438 e. The van der Waals surface area contributed by atoms with Gasteiger partial charge in [-0.15, -0.1) is 11.3 Å². The zero-order valence-electron chi connectivity index (χ0n) is 23.9. The van der Waals surface area contributed by atoms with Gasteiger partial charge in [-0.1, -0.05) is 6.07 Å². The molecule has 0 fully saturated rings. The van der Waals surface area contributed by atoms with Crippen molar-refractivity contribution in [2.45, 2.75) is 47.7 Å². The van der Waals surface area contributed by atoms with Crippen molar-refractivity contribution in [1.29, 1.82) is 0 Å². The average molecular weight is 651 g/mol. The first-order chi connectivity index (χ1) is 19.9. The first-order valence-corrected chi connectivity index (χ1v) is 14.7. The van der Waals surface area contributed by atoms with E-state index in [1.165, 1.54) is 6.07 Å². The summed E-state index contributed by atoms with van der Waals surface area (Å²) >= 11 is 0.861. The predicted molar refractivity (Wildman–Crippen MR) is 147 cm³/mol. The van der Waals surface area contributed by atoms with Crippen LogP contribution in [0.15, 0.2) is 24.3 Å². The molecule has 15 heteroatoms. The molecule has 0 saturated carbocycles. The Morgan fingerprint density at radius 1 is 0.744 bits per heavy atom. The van der Waals surface area contributed by atoms with Crippen LogP contribution in [-0.4, -0.2) is 31.5 Å². The van der Waals surface area contributed by atoms with Crippen LogP contribution < -0.4 is 4.74 Å². The molecule has 0 saturated heterocycles. The van der Waals surface area contributed by atoms with Gasteiger partial charge < -0.3 is 14.2 Å². The van der Waals surface area contributed by atoms with Gasteiger partial charge in [0.15, 0.2) is 22.0 Å². The lowest BCUT2D eigenvalue weighted by Crippen LogP contribution is -2.24. The number of carbonyl (C=O) groups is 3. The second-order valence-corrected chi connectivity index (χ2v) is 13.7. The molecule has 0 N–H and O–H groups in total. The summed E-state index contributed by atoms with van der Waals surface area (Å²) in [4.78, 5) is 36.5. The first kappa shape index (κ1) is 34.3. The van der Waals surface area contributed by atoms with Crippen molar-refractivity contribution in [3.8, 4) is 5.75 Å². The Labute approximate surface area is 248 Å². The number of thiophene rings is 1. The molecule has 0 spiro atoms. The number of benzene rings is 2. The third kappa shape index (κ3) is 8.69. The summed E-state index contributed by atoms with van der Waals surface area (Å²) in [6, 6.07) is 6.25. The number of fused-ring (bicyclic) bond motifs is 1. The summed E-state index contributed by atoms with van der Waals surface area (Å²) in [5.41, 5.74) is -0.913. The number of hydrogen-bond donors (Lipinski definition) is 0. The van der Waals surface area contributed by atoms with Gasteiger partial charge >= 0.3 is 17.9 Å². The zero-order valence-corrected chi connectivity index (χ0v) is 25.7. The molecule has 0 atom stereocenters. The van der Waals surface area contributed by atoms with Crippen molar-refractivity contribution in [3.63, 3.8) is 0 Å². The molecular weight excluding hydrogens is 622 g/mol. The highest BCUT2D eigenvalue weighted by atomic mass is 32.1. The van der Waals surface area contributed by atoms with Crippen molar-refractivity contribution in [2.75, 3.05) is 13.6 Å². The van der Waals surface area contributed by atoms with E-state index < -0.39 is 85.5 Å². The number of esters is 3. The smallest absolute Gasteiger partial charge is 0.353 e. The van der Waals surface area contributed by atoms with E-state index in [0.717, 1.165) is 11.3 Å². The molecule has 3 aromatic rings. The van der Waals surface area contributed by atoms with E-state index in [2.05, 4.69) is 4.74 Å². The highest BCUT2D eigenvalue weighted by molar-refractivity contribution is 7.46. The zero-order chi connectivity index (χ0) is 32.3. The molecular formula is C28H28F5O8PS. The second kappa shape index (κ2) is 13.6. The SMILES string of the molecule is CC(C)(C)C(=O)OCOP(Cc1ccc2sc(C(=O)Oc3c(F)c(F)c(F)c(F)c3F)cc2c1)OCOC(=O)C(C)(C)C. The molecule has 0 radical (unpaired) electrons. The van der Waals surface area contributed by atoms with Gasteiger partial charge in [-0.25, -0.2) is 18.0 Å². The van der Waals surface area contributed by atoms with E-state index in [1.807, 2.05) is 0 Å². The number of rotatable bonds is 10. The lowest BCUT2D eigenvalue weighted by atomic mass is 9.98. The number of hydrogen-bond acceptors (Lipinski definition) is 9. The van der Waals surface area contributed by atoms with Crippen LogP contribution >= 0.6 is 19.7 Å². The molecule has 3 rings (SSSR count). The third-order valence-electron chi connectivity index (χ3n) is 5.46. The fourth-order valence-corrected chi connectivity index (χ4v) is 5.11. The maximum Gasteiger partial charge on any atom is 0.353 e. The summed E-state index contributed by atoms with van der Waals surface area (Å²) in [7, 11) is -1.81. The Balaban J connectivity index is 1.76. The molecule has 8 nitrogen and oxygen atoms in total. The maximum atomic E-state index is 14.0. The lowest BCUT2D eigenvalue weighted by Gasteiger charge is -2.21. The van der Waals surface area contributed by atoms with E-state index in [4.69, 9.17) is 18.5 Å². The Morgan fingerprint density at radius 2 is 1.23 bits per heavy atom. The van der Waals surface area contributed by atoms with Crippen LogP contribution in [0, 0.1) is 39.9 Å². The molecule has 0 unspecified atom stereocenters. The van der Waals surface area contributed by atoms with Crippen LogP contribution in [0.4, 0.5) is 22.0 Å². The topological polar surface area (TPSA) is 97.4 Å². The minimum absolute atomic E-state index is 0.131. The van der Waals surface area contributed by atoms with Crippen molar-refractivity contribution in [1.82, 2.24) is 0 Å². The molecule has 2 aromatic carbocycles. The summed E-state index contributed by atoms with van der Waals surface area (Å²) in [5.74, 6) is -15.5. The van der Waals surface area contributed by atoms with E-state index in [0.29, 0.717) is 15.6 Å². The highest BCUT2D eigenvalue weighted by Crippen LogP contribution is 2.43. The molecule has 1 aromatic heterocycles. The standard InChI is InChI=1S/C28H28F5O8PS/c1-27(2,3)25(35)37-12-39-42(40-13-38-26(36)28(4,5)6)11-14-7-8-16-15(9-14)10-17(43-16)24(34)41-23-21(32)19(30)18(29)20(31)22(23)33/h7-10H,11-13H2,1-6H3. The summed E-state index contributed by atoms with van der Waals surface area (Å²) in [6.07, 6.45) is 0.131. The van der Waals surface area contributed by atoms with Crippen molar-refractivity contribution in [2.24, 2.45) is 10.8 Å². The number of ether oxygens (including phenoxy) is 3. The first-order valence-electron chi connectivity index (χ1n) is 12.5. The van der Waals surface area contributed by atoms with Gasteiger partial charge in [-0.3, -0.25) is 18.6 Å². The molecule has 0 bridgehead atoms. The maximum absolute atomic E-state index is 14.0. The van der Waals surface area contributed by atoms with Crippen molar-refractivity contribution in [3.05, 3.63) is 63.8 Å². The molecule has 0 aliphatic heterocycles. The molecule has 0 amide bonds. The average Bonchev–Trinajstić information content (AvgIpc) is 3.35. The van der Waals surface area contributed by atoms with Gasteiger partial charge in [0, 0.05) is 10.9 Å². The lowest BCUT2D eigenvalue weighted by molar-refractivity contribution is -0.161. The Bertz CT molecular complexity index is 1470. The van der Waals surface area contributed by atoms with E-state index >= 15 is 0 Å². The normalized spacial score (nSPS) is 12.1. The number of carbonyl (C=O) groups excluding carboxylic acids is 3. The van der Waals surface area contributed by atoms with Gasteiger partial charge in [-0.2, -0.15) is 8.78 Å². The van der Waals surface area contributed by atoms with Crippen LogP contribution in [0.5, 0.6) is 5.75 Å².